The Kier molecular flexibility index (Phi) is 7.62. The Hall–Kier alpha value is -6.00. The molecule has 0 radical (unpaired) electrons. The van der Waals surface area contributed by atoms with Gasteiger partial charge in [0.15, 0.2) is 0 Å². The highest BCUT2D eigenvalue weighted by atomic mass is 14.7. The van der Waals surface area contributed by atoms with E-state index in [1.165, 1.54) is 0 Å². The smallest absolute Gasteiger partial charge is 0.0709 e. The minimum Gasteiger partial charge on any atom is -0.248 e. The van der Waals surface area contributed by atoms with Crippen LogP contribution < -0.4 is 0 Å². The third-order valence-electron chi connectivity index (χ3n) is 7.33. The number of aromatic nitrogens is 4. The molecule has 4 heteroatoms. The zero-order valence-electron chi connectivity index (χ0n) is 24.0. The predicted octanol–water partition coefficient (Wildman–Crippen LogP) is 9.91. The fourth-order valence-corrected chi connectivity index (χ4v) is 5.04. The van der Waals surface area contributed by atoms with E-state index in [0.29, 0.717) is 0 Å². The van der Waals surface area contributed by atoms with E-state index in [0.717, 1.165) is 66.4 Å². The fourth-order valence-electron chi connectivity index (χ4n) is 5.04. The second-order valence-electron chi connectivity index (χ2n) is 10.4. The zero-order valence-corrected chi connectivity index (χ0v) is 24.0. The minimum atomic E-state index is 0.939. The SMILES string of the molecule is C(=C\c1ccc2ccccc2n1)/c1ccc2ccccc2n1.C(=C\c1ccc2ccccc2n1)/c1ccc2ccccc2n1. The van der Waals surface area contributed by atoms with Crippen LogP contribution in [0.3, 0.4) is 0 Å². The number of para-hydroxylation sites is 4. The summed E-state index contributed by atoms with van der Waals surface area (Å²) in [6.07, 6.45) is 8.01. The molecule has 0 unspecified atom stereocenters. The summed E-state index contributed by atoms with van der Waals surface area (Å²) in [4.78, 5) is 18.6. The van der Waals surface area contributed by atoms with Gasteiger partial charge in [-0.1, -0.05) is 97.1 Å². The van der Waals surface area contributed by atoms with E-state index in [9.17, 15) is 0 Å². The maximum absolute atomic E-state index is 4.64. The Morgan fingerprint density at radius 1 is 0.250 bits per heavy atom. The summed E-state index contributed by atoms with van der Waals surface area (Å²) < 4.78 is 0. The van der Waals surface area contributed by atoms with E-state index >= 15 is 0 Å². The van der Waals surface area contributed by atoms with Crippen LogP contribution in [-0.4, -0.2) is 19.9 Å². The minimum absolute atomic E-state index is 0.939. The number of hydrogen-bond donors (Lipinski definition) is 0. The zero-order chi connectivity index (χ0) is 29.6. The number of benzene rings is 4. The van der Waals surface area contributed by atoms with Crippen LogP contribution in [0.5, 0.6) is 0 Å². The van der Waals surface area contributed by atoms with Gasteiger partial charge in [-0.2, -0.15) is 0 Å². The lowest BCUT2D eigenvalue weighted by Gasteiger charge is -2.00. The molecule has 0 saturated heterocycles. The van der Waals surface area contributed by atoms with Gasteiger partial charge in [0.05, 0.1) is 44.8 Å². The van der Waals surface area contributed by atoms with Crippen LogP contribution in [0.25, 0.3) is 67.9 Å². The van der Waals surface area contributed by atoms with Crippen molar-refractivity contribution in [3.63, 3.8) is 0 Å². The van der Waals surface area contributed by atoms with Gasteiger partial charge >= 0.3 is 0 Å². The Morgan fingerprint density at radius 2 is 0.477 bits per heavy atom. The molecular weight excluding hydrogens is 536 g/mol. The molecule has 0 bridgehead atoms. The van der Waals surface area contributed by atoms with Crippen LogP contribution >= 0.6 is 0 Å². The van der Waals surface area contributed by atoms with Crippen molar-refractivity contribution >= 4 is 67.9 Å². The predicted molar refractivity (Wildman–Crippen MR) is 185 cm³/mol. The molecule has 4 aromatic carbocycles. The fraction of sp³-hybridized carbons (Fsp3) is 0. The van der Waals surface area contributed by atoms with Gasteiger partial charge in [0, 0.05) is 21.5 Å². The molecule has 0 atom stereocenters. The lowest BCUT2D eigenvalue weighted by molar-refractivity contribution is 1.36. The van der Waals surface area contributed by atoms with Crippen molar-refractivity contribution < 1.29 is 0 Å². The first kappa shape index (κ1) is 26.9. The van der Waals surface area contributed by atoms with Gasteiger partial charge in [-0.3, -0.25) is 0 Å². The Labute approximate surface area is 255 Å². The highest BCUT2D eigenvalue weighted by Gasteiger charge is 1.99. The highest BCUT2D eigenvalue weighted by molar-refractivity contribution is 5.84. The van der Waals surface area contributed by atoms with E-state index in [-0.39, 0.29) is 0 Å². The third-order valence-corrected chi connectivity index (χ3v) is 7.33. The standard InChI is InChI=1S/2C20H14N2/c2*1-3-7-19-15(5-1)9-11-17(21-19)13-14-18-12-10-16-6-2-4-8-20(16)22-18/h2*1-14H/b2*14-13+. The van der Waals surface area contributed by atoms with Crippen molar-refractivity contribution in [1.82, 2.24) is 19.9 Å². The van der Waals surface area contributed by atoms with Crippen LogP contribution in [0.15, 0.2) is 146 Å². The summed E-state index contributed by atoms with van der Waals surface area (Å²) in [5, 5.41) is 4.62. The normalized spacial score (nSPS) is 11.5. The van der Waals surface area contributed by atoms with Gasteiger partial charge in [0.1, 0.15) is 0 Å². The number of rotatable bonds is 4. The summed E-state index contributed by atoms with van der Waals surface area (Å²) in [6, 6.07) is 49.0. The van der Waals surface area contributed by atoms with E-state index in [4.69, 9.17) is 0 Å². The van der Waals surface area contributed by atoms with Crippen molar-refractivity contribution in [3.05, 3.63) is 168 Å². The van der Waals surface area contributed by atoms with E-state index < -0.39 is 0 Å². The first-order chi connectivity index (χ1) is 21.8. The van der Waals surface area contributed by atoms with E-state index in [1.54, 1.807) is 0 Å². The lowest BCUT2D eigenvalue weighted by atomic mass is 10.2. The van der Waals surface area contributed by atoms with Crippen LogP contribution in [-0.2, 0) is 0 Å². The molecule has 4 nitrogen and oxygen atoms in total. The van der Waals surface area contributed by atoms with Gasteiger partial charge in [-0.05, 0) is 72.8 Å². The van der Waals surface area contributed by atoms with Gasteiger partial charge in [-0.15, -0.1) is 0 Å². The highest BCUT2D eigenvalue weighted by Crippen LogP contribution is 2.17. The van der Waals surface area contributed by atoms with Crippen molar-refractivity contribution in [2.75, 3.05) is 0 Å². The number of pyridine rings is 4. The molecule has 8 rings (SSSR count). The molecule has 0 fully saturated rings. The first-order valence-electron chi connectivity index (χ1n) is 14.6. The molecule has 4 aromatic heterocycles. The van der Waals surface area contributed by atoms with Crippen LogP contribution in [0.1, 0.15) is 22.8 Å². The Morgan fingerprint density at radius 3 is 0.727 bits per heavy atom. The van der Waals surface area contributed by atoms with Crippen LogP contribution in [0.4, 0.5) is 0 Å². The molecule has 0 spiro atoms. The van der Waals surface area contributed by atoms with Crippen molar-refractivity contribution in [2.24, 2.45) is 0 Å². The Balaban J connectivity index is 0.000000142. The van der Waals surface area contributed by atoms with Crippen molar-refractivity contribution in [1.29, 1.82) is 0 Å². The summed E-state index contributed by atoms with van der Waals surface area (Å²) in [5.41, 5.74) is 7.80. The summed E-state index contributed by atoms with van der Waals surface area (Å²) in [7, 11) is 0. The van der Waals surface area contributed by atoms with Gasteiger partial charge < -0.3 is 0 Å². The van der Waals surface area contributed by atoms with Crippen molar-refractivity contribution in [3.8, 4) is 0 Å². The van der Waals surface area contributed by atoms with E-state index in [1.807, 2.05) is 121 Å². The largest absolute Gasteiger partial charge is 0.248 e. The summed E-state index contributed by atoms with van der Waals surface area (Å²) in [6.45, 7) is 0. The summed E-state index contributed by atoms with van der Waals surface area (Å²) in [5.74, 6) is 0. The van der Waals surface area contributed by atoms with Gasteiger partial charge in [-0.25, -0.2) is 19.9 Å². The second-order valence-corrected chi connectivity index (χ2v) is 10.4. The van der Waals surface area contributed by atoms with E-state index in [2.05, 4.69) is 68.5 Å². The molecular formula is C40H28N4. The topological polar surface area (TPSA) is 51.6 Å². The molecule has 0 N–H and O–H groups in total. The molecule has 0 aliphatic heterocycles. The number of fused-ring (bicyclic) bond motifs is 4. The maximum atomic E-state index is 4.64. The molecule has 0 amide bonds. The molecule has 0 aliphatic rings. The molecule has 44 heavy (non-hydrogen) atoms. The lowest BCUT2D eigenvalue weighted by Crippen LogP contribution is -1.84. The second kappa shape index (κ2) is 12.5. The molecule has 0 aliphatic carbocycles. The van der Waals surface area contributed by atoms with Crippen LogP contribution in [0.2, 0.25) is 0 Å². The van der Waals surface area contributed by atoms with Crippen LogP contribution in [0, 0.1) is 0 Å². The molecule has 0 saturated carbocycles. The molecule has 208 valence electrons. The monoisotopic (exact) mass is 564 g/mol. The average Bonchev–Trinajstić information content (AvgIpc) is 3.10. The first-order valence-corrected chi connectivity index (χ1v) is 14.6. The quantitative estimate of drug-likeness (QED) is 0.213. The van der Waals surface area contributed by atoms with Crippen molar-refractivity contribution in [2.45, 2.75) is 0 Å². The average molecular weight is 565 g/mol. The number of hydrogen-bond acceptors (Lipinski definition) is 4. The molecule has 4 heterocycles. The maximum Gasteiger partial charge on any atom is 0.0709 e. The third kappa shape index (κ3) is 6.25. The molecule has 8 aromatic rings. The Bertz CT molecular complexity index is 1980. The van der Waals surface area contributed by atoms with Gasteiger partial charge in [0.25, 0.3) is 0 Å². The summed E-state index contributed by atoms with van der Waals surface area (Å²) >= 11 is 0. The van der Waals surface area contributed by atoms with Gasteiger partial charge in [0.2, 0.25) is 0 Å². The number of nitrogens with zero attached hydrogens (tertiary/aromatic N) is 4.